The number of esters is 1. The number of furan rings is 1. The predicted octanol–water partition coefficient (Wildman–Crippen LogP) is 3.13. The number of carbonyl (C=O) groups excluding carboxylic acids is 1. The molecule has 1 aromatic heterocycles. The van der Waals surface area contributed by atoms with Crippen LogP contribution in [-0.2, 0) is 4.74 Å². The van der Waals surface area contributed by atoms with Crippen molar-refractivity contribution >= 4 is 39.5 Å². The molecule has 1 heterocycles. The topological polar surface area (TPSA) is 39.4 Å². The molecule has 0 amide bonds. The van der Waals surface area contributed by atoms with Crippen LogP contribution in [0.1, 0.15) is 15.9 Å². The Morgan fingerprint density at radius 1 is 1.47 bits per heavy atom. The highest BCUT2D eigenvalue weighted by molar-refractivity contribution is 14.1. The molecule has 0 saturated heterocycles. The molecule has 15 heavy (non-hydrogen) atoms. The molecule has 0 aliphatic heterocycles. The standard InChI is InChI=1S/C11H9IO3/c1-6-5-15-10-8(6)3-7(12)4-9(10)11(13)14-2/h3-5H,1-2H3. The van der Waals surface area contributed by atoms with Crippen LogP contribution in [0.15, 0.2) is 22.8 Å². The number of carbonyl (C=O) groups is 1. The number of methoxy groups -OCH3 is 1. The largest absolute Gasteiger partial charge is 0.465 e. The average Bonchev–Trinajstić information content (AvgIpc) is 2.58. The molecule has 0 spiro atoms. The zero-order valence-electron chi connectivity index (χ0n) is 8.33. The minimum Gasteiger partial charge on any atom is -0.465 e. The molecule has 0 atom stereocenters. The van der Waals surface area contributed by atoms with Gasteiger partial charge in [0, 0.05) is 8.96 Å². The monoisotopic (exact) mass is 316 g/mol. The number of aryl methyl sites for hydroxylation is 1. The van der Waals surface area contributed by atoms with Gasteiger partial charge in [-0.15, -0.1) is 0 Å². The lowest BCUT2D eigenvalue weighted by Crippen LogP contribution is -2.01. The van der Waals surface area contributed by atoms with Gasteiger partial charge in [0.15, 0.2) is 0 Å². The number of hydrogen-bond acceptors (Lipinski definition) is 3. The van der Waals surface area contributed by atoms with Crippen LogP contribution in [-0.4, -0.2) is 13.1 Å². The molecule has 3 nitrogen and oxygen atoms in total. The SMILES string of the molecule is COC(=O)c1cc(I)cc2c(C)coc12. The van der Waals surface area contributed by atoms with Crippen molar-refractivity contribution < 1.29 is 13.9 Å². The summed E-state index contributed by atoms with van der Waals surface area (Å²) in [6.45, 7) is 1.95. The lowest BCUT2D eigenvalue weighted by molar-refractivity contribution is 0.0601. The molecule has 2 rings (SSSR count). The predicted molar refractivity (Wildman–Crippen MR) is 65.0 cm³/mol. The van der Waals surface area contributed by atoms with Gasteiger partial charge in [-0.2, -0.15) is 0 Å². The summed E-state index contributed by atoms with van der Waals surface area (Å²) in [5.74, 6) is -0.368. The van der Waals surface area contributed by atoms with Gasteiger partial charge in [0.1, 0.15) is 11.1 Å². The van der Waals surface area contributed by atoms with E-state index in [1.54, 1.807) is 12.3 Å². The van der Waals surface area contributed by atoms with E-state index < -0.39 is 0 Å². The minimum atomic E-state index is -0.368. The third kappa shape index (κ3) is 1.73. The molecular weight excluding hydrogens is 307 g/mol. The second kappa shape index (κ2) is 3.84. The van der Waals surface area contributed by atoms with Crippen molar-refractivity contribution in [1.29, 1.82) is 0 Å². The van der Waals surface area contributed by atoms with Gasteiger partial charge in [-0.3, -0.25) is 0 Å². The molecule has 0 unspecified atom stereocenters. The van der Waals surface area contributed by atoms with Crippen LogP contribution in [0, 0.1) is 10.5 Å². The van der Waals surface area contributed by atoms with Gasteiger partial charge in [-0.25, -0.2) is 4.79 Å². The highest BCUT2D eigenvalue weighted by Gasteiger charge is 2.15. The highest BCUT2D eigenvalue weighted by Crippen LogP contribution is 2.27. The smallest absolute Gasteiger partial charge is 0.341 e. The Bertz CT molecular complexity index is 528. The molecular formula is C11H9IO3. The molecule has 0 bridgehead atoms. The minimum absolute atomic E-state index is 0.368. The zero-order chi connectivity index (χ0) is 11.0. The lowest BCUT2D eigenvalue weighted by Gasteiger charge is -2.01. The van der Waals surface area contributed by atoms with Crippen LogP contribution in [0.5, 0.6) is 0 Å². The van der Waals surface area contributed by atoms with Gasteiger partial charge >= 0.3 is 5.97 Å². The fourth-order valence-corrected chi connectivity index (χ4v) is 2.11. The average molecular weight is 316 g/mol. The number of hydrogen-bond donors (Lipinski definition) is 0. The molecule has 2 aromatic rings. The zero-order valence-corrected chi connectivity index (χ0v) is 10.5. The van der Waals surface area contributed by atoms with Gasteiger partial charge in [0.05, 0.1) is 13.4 Å². The highest BCUT2D eigenvalue weighted by atomic mass is 127. The van der Waals surface area contributed by atoms with Crippen LogP contribution in [0.25, 0.3) is 11.0 Å². The second-order valence-corrected chi connectivity index (χ2v) is 4.49. The van der Waals surface area contributed by atoms with Crippen molar-refractivity contribution in [2.45, 2.75) is 6.92 Å². The number of ether oxygens (including phenoxy) is 1. The van der Waals surface area contributed by atoms with E-state index in [9.17, 15) is 4.79 Å². The van der Waals surface area contributed by atoms with E-state index >= 15 is 0 Å². The fourth-order valence-electron chi connectivity index (χ4n) is 1.49. The third-order valence-electron chi connectivity index (χ3n) is 2.24. The molecule has 1 aromatic carbocycles. The van der Waals surface area contributed by atoms with E-state index in [1.165, 1.54) is 7.11 Å². The number of benzene rings is 1. The Kier molecular flexibility index (Phi) is 2.68. The van der Waals surface area contributed by atoms with Gasteiger partial charge in [-0.1, -0.05) is 0 Å². The molecule has 0 N–H and O–H groups in total. The first-order valence-electron chi connectivity index (χ1n) is 4.39. The Labute approximate surface area is 101 Å². The fraction of sp³-hybridized carbons (Fsp3) is 0.182. The van der Waals surface area contributed by atoms with Crippen molar-refractivity contribution in [3.05, 3.63) is 33.1 Å². The molecule has 0 fully saturated rings. The van der Waals surface area contributed by atoms with Crippen LogP contribution in [0.4, 0.5) is 0 Å². The first-order chi connectivity index (χ1) is 7.13. The summed E-state index contributed by atoms with van der Waals surface area (Å²) in [7, 11) is 1.36. The van der Waals surface area contributed by atoms with Crippen molar-refractivity contribution in [2.24, 2.45) is 0 Å². The van der Waals surface area contributed by atoms with Crippen molar-refractivity contribution in [1.82, 2.24) is 0 Å². The Morgan fingerprint density at radius 3 is 2.87 bits per heavy atom. The first kappa shape index (κ1) is 10.5. The summed E-state index contributed by atoms with van der Waals surface area (Å²) in [6, 6.07) is 3.75. The third-order valence-corrected chi connectivity index (χ3v) is 2.86. The van der Waals surface area contributed by atoms with E-state index in [1.807, 2.05) is 13.0 Å². The van der Waals surface area contributed by atoms with Gasteiger partial charge < -0.3 is 9.15 Å². The summed E-state index contributed by atoms with van der Waals surface area (Å²) in [6.07, 6.45) is 1.65. The second-order valence-electron chi connectivity index (χ2n) is 3.24. The molecule has 0 radical (unpaired) electrons. The van der Waals surface area contributed by atoms with Gasteiger partial charge in [-0.05, 0) is 47.2 Å². The summed E-state index contributed by atoms with van der Waals surface area (Å²) < 4.78 is 11.1. The Hall–Kier alpha value is -1.04. The van der Waals surface area contributed by atoms with Crippen LogP contribution in [0.2, 0.25) is 0 Å². The number of rotatable bonds is 1. The summed E-state index contributed by atoms with van der Waals surface area (Å²) in [5.41, 5.74) is 2.10. The molecule has 78 valence electrons. The summed E-state index contributed by atoms with van der Waals surface area (Å²) in [4.78, 5) is 11.5. The van der Waals surface area contributed by atoms with Crippen molar-refractivity contribution in [2.75, 3.05) is 7.11 Å². The van der Waals surface area contributed by atoms with Crippen molar-refractivity contribution in [3.8, 4) is 0 Å². The molecule has 0 aliphatic rings. The maximum Gasteiger partial charge on any atom is 0.341 e. The Balaban J connectivity index is 2.78. The number of fused-ring (bicyclic) bond motifs is 1. The van der Waals surface area contributed by atoms with Gasteiger partial charge in [0.2, 0.25) is 0 Å². The summed E-state index contributed by atoms with van der Waals surface area (Å²) in [5, 5.41) is 0.960. The quantitative estimate of drug-likeness (QED) is 0.599. The molecule has 0 aliphatic carbocycles. The molecule has 4 heteroatoms. The van der Waals surface area contributed by atoms with E-state index in [0.29, 0.717) is 11.1 Å². The van der Waals surface area contributed by atoms with E-state index in [0.717, 1.165) is 14.5 Å². The van der Waals surface area contributed by atoms with Gasteiger partial charge in [0.25, 0.3) is 0 Å². The Morgan fingerprint density at radius 2 is 2.20 bits per heavy atom. The lowest BCUT2D eigenvalue weighted by atomic mass is 10.1. The first-order valence-corrected chi connectivity index (χ1v) is 5.47. The van der Waals surface area contributed by atoms with Crippen molar-refractivity contribution in [3.63, 3.8) is 0 Å². The normalized spacial score (nSPS) is 10.6. The van der Waals surface area contributed by atoms with Crippen LogP contribution in [0.3, 0.4) is 0 Å². The maximum absolute atomic E-state index is 11.5. The summed E-state index contributed by atoms with van der Waals surface area (Å²) >= 11 is 2.17. The number of halogens is 1. The van der Waals surface area contributed by atoms with Crippen LogP contribution < -0.4 is 0 Å². The van der Waals surface area contributed by atoms with Crippen LogP contribution >= 0.6 is 22.6 Å². The molecule has 0 saturated carbocycles. The van der Waals surface area contributed by atoms with E-state index in [-0.39, 0.29) is 5.97 Å². The van der Waals surface area contributed by atoms with E-state index in [2.05, 4.69) is 22.6 Å². The van der Waals surface area contributed by atoms with E-state index in [4.69, 9.17) is 9.15 Å². The maximum atomic E-state index is 11.5.